The Bertz CT molecular complexity index is 256. The van der Waals surface area contributed by atoms with Gasteiger partial charge in [-0.3, -0.25) is 4.79 Å². The molecule has 0 rings (SSSR count). The number of carboxylic acids is 1. The van der Waals surface area contributed by atoms with Crippen molar-refractivity contribution in [3.63, 3.8) is 0 Å². The van der Waals surface area contributed by atoms with Crippen LogP contribution in [0.5, 0.6) is 0 Å². The third-order valence-corrected chi connectivity index (χ3v) is 2.21. The maximum absolute atomic E-state index is 11.5. The molecule has 0 fully saturated rings. The molecule has 0 radical (unpaired) electrons. The van der Waals surface area contributed by atoms with E-state index >= 15 is 0 Å². The minimum absolute atomic E-state index is 0.129. The Kier molecular flexibility index (Phi) is 7.29. The number of carboxylic acid groups (broad SMARTS) is 1. The van der Waals surface area contributed by atoms with Crippen molar-refractivity contribution >= 4 is 12.0 Å². The van der Waals surface area contributed by atoms with E-state index < -0.39 is 11.9 Å². The number of nitrogens with one attached hydrogen (secondary N) is 1. The van der Waals surface area contributed by atoms with Gasteiger partial charge >= 0.3 is 12.0 Å². The minimum Gasteiger partial charge on any atom is -0.481 e. The van der Waals surface area contributed by atoms with Crippen molar-refractivity contribution in [2.75, 3.05) is 26.7 Å². The van der Waals surface area contributed by atoms with Gasteiger partial charge in [-0.05, 0) is 13.8 Å². The molecule has 1 unspecified atom stereocenters. The van der Waals surface area contributed by atoms with Crippen molar-refractivity contribution in [1.29, 1.82) is 0 Å². The number of carbonyl (C=O) groups is 2. The van der Waals surface area contributed by atoms with Crippen LogP contribution >= 0.6 is 0 Å². The van der Waals surface area contributed by atoms with Gasteiger partial charge in [-0.15, -0.1) is 0 Å². The lowest BCUT2D eigenvalue weighted by atomic mass is 10.2. The molecule has 0 aromatic carbocycles. The fourth-order valence-corrected chi connectivity index (χ4v) is 0.990. The normalized spacial score (nSPS) is 12.3. The second kappa shape index (κ2) is 7.89. The third-order valence-electron chi connectivity index (χ3n) is 2.21. The van der Waals surface area contributed by atoms with E-state index in [0.29, 0.717) is 13.2 Å². The van der Waals surface area contributed by atoms with E-state index in [1.807, 2.05) is 13.8 Å². The predicted octanol–water partition coefficient (Wildman–Crippen LogP) is 0.773. The second-order valence-corrected chi connectivity index (χ2v) is 4.27. The number of amides is 2. The Labute approximate surface area is 102 Å². The highest BCUT2D eigenvalue weighted by Crippen LogP contribution is 1.94. The molecule has 17 heavy (non-hydrogen) atoms. The van der Waals surface area contributed by atoms with Gasteiger partial charge in [-0.2, -0.15) is 0 Å². The number of nitrogens with zero attached hydrogens (tertiary/aromatic N) is 1. The average molecular weight is 246 g/mol. The zero-order valence-electron chi connectivity index (χ0n) is 10.9. The van der Waals surface area contributed by atoms with Crippen molar-refractivity contribution in [2.24, 2.45) is 5.92 Å². The molecule has 0 saturated carbocycles. The van der Waals surface area contributed by atoms with Crippen LogP contribution in [0.15, 0.2) is 0 Å². The summed E-state index contributed by atoms with van der Waals surface area (Å²) in [5, 5.41) is 11.2. The van der Waals surface area contributed by atoms with Crippen LogP contribution in [-0.4, -0.2) is 54.9 Å². The highest BCUT2D eigenvalue weighted by Gasteiger charge is 2.14. The van der Waals surface area contributed by atoms with Crippen molar-refractivity contribution in [3.8, 4) is 0 Å². The first-order chi connectivity index (χ1) is 7.84. The summed E-state index contributed by atoms with van der Waals surface area (Å²) in [6, 6.07) is -0.287. The van der Waals surface area contributed by atoms with Crippen LogP contribution in [0.1, 0.15) is 20.8 Å². The van der Waals surface area contributed by atoms with Gasteiger partial charge in [0.15, 0.2) is 0 Å². The molecule has 100 valence electrons. The van der Waals surface area contributed by atoms with Gasteiger partial charge in [-0.25, -0.2) is 4.79 Å². The lowest BCUT2D eigenvalue weighted by Gasteiger charge is -2.19. The molecular weight excluding hydrogens is 224 g/mol. The van der Waals surface area contributed by atoms with E-state index in [9.17, 15) is 9.59 Å². The first-order valence-electron chi connectivity index (χ1n) is 5.68. The smallest absolute Gasteiger partial charge is 0.317 e. The molecule has 0 aliphatic carbocycles. The second-order valence-electron chi connectivity index (χ2n) is 4.27. The monoisotopic (exact) mass is 246 g/mol. The molecule has 2 amide bonds. The highest BCUT2D eigenvalue weighted by molar-refractivity contribution is 5.75. The Balaban J connectivity index is 3.78. The Hall–Kier alpha value is -1.30. The molecule has 2 N–H and O–H groups in total. The van der Waals surface area contributed by atoms with Gasteiger partial charge in [0.05, 0.1) is 18.6 Å². The van der Waals surface area contributed by atoms with Crippen LogP contribution in [0.3, 0.4) is 0 Å². The van der Waals surface area contributed by atoms with E-state index in [4.69, 9.17) is 9.84 Å². The molecule has 1 atom stereocenters. The number of hydrogen-bond donors (Lipinski definition) is 2. The van der Waals surface area contributed by atoms with E-state index in [2.05, 4.69) is 5.32 Å². The van der Waals surface area contributed by atoms with Crippen molar-refractivity contribution in [2.45, 2.75) is 26.9 Å². The van der Waals surface area contributed by atoms with Gasteiger partial charge in [0.1, 0.15) is 0 Å². The van der Waals surface area contributed by atoms with Crippen LogP contribution in [0, 0.1) is 5.92 Å². The lowest BCUT2D eigenvalue weighted by molar-refractivity contribution is -0.140. The standard InChI is InChI=1S/C11H22N2O4/c1-8(2)17-6-5-13(4)11(16)12-7-9(3)10(14)15/h8-9H,5-7H2,1-4H3,(H,12,16)(H,14,15). The number of rotatable bonds is 7. The molecule has 6 heteroatoms. The molecule has 0 aromatic rings. The molecule has 0 bridgehead atoms. The fourth-order valence-electron chi connectivity index (χ4n) is 0.990. The summed E-state index contributed by atoms with van der Waals surface area (Å²) in [6.45, 7) is 6.47. The third kappa shape index (κ3) is 7.57. The Morgan fingerprint density at radius 2 is 1.94 bits per heavy atom. The van der Waals surface area contributed by atoms with Gasteiger partial charge in [0.25, 0.3) is 0 Å². The average Bonchev–Trinajstić information content (AvgIpc) is 2.24. The minimum atomic E-state index is -0.920. The largest absolute Gasteiger partial charge is 0.481 e. The van der Waals surface area contributed by atoms with Crippen molar-refractivity contribution < 1.29 is 19.4 Å². The summed E-state index contributed by atoms with van der Waals surface area (Å²) >= 11 is 0. The van der Waals surface area contributed by atoms with Crippen molar-refractivity contribution in [3.05, 3.63) is 0 Å². The predicted molar refractivity (Wildman–Crippen MR) is 63.9 cm³/mol. The fraction of sp³-hybridized carbons (Fsp3) is 0.818. The quantitative estimate of drug-likeness (QED) is 0.695. The zero-order chi connectivity index (χ0) is 13.4. The van der Waals surface area contributed by atoms with E-state index in [-0.39, 0.29) is 18.7 Å². The Morgan fingerprint density at radius 1 is 1.35 bits per heavy atom. The van der Waals surface area contributed by atoms with E-state index in [0.717, 1.165) is 0 Å². The lowest BCUT2D eigenvalue weighted by Crippen LogP contribution is -2.41. The number of urea groups is 1. The topological polar surface area (TPSA) is 78.9 Å². The van der Waals surface area contributed by atoms with Crippen LogP contribution in [0.4, 0.5) is 4.79 Å². The summed E-state index contributed by atoms with van der Waals surface area (Å²) in [5.74, 6) is -1.50. The van der Waals surface area contributed by atoms with E-state index in [1.165, 1.54) is 4.90 Å². The summed E-state index contributed by atoms with van der Waals surface area (Å²) < 4.78 is 5.31. The van der Waals surface area contributed by atoms with E-state index in [1.54, 1.807) is 14.0 Å². The first-order valence-corrected chi connectivity index (χ1v) is 5.68. The van der Waals surface area contributed by atoms with Crippen molar-refractivity contribution in [1.82, 2.24) is 10.2 Å². The highest BCUT2D eigenvalue weighted by atomic mass is 16.5. The number of carbonyl (C=O) groups excluding carboxylic acids is 1. The number of aliphatic carboxylic acids is 1. The number of likely N-dealkylation sites (N-methyl/N-ethyl adjacent to an activating group) is 1. The summed E-state index contributed by atoms with van der Waals surface area (Å²) in [4.78, 5) is 23.5. The molecule has 0 aliphatic rings. The van der Waals surface area contributed by atoms with Gasteiger partial charge < -0.3 is 20.1 Å². The number of ether oxygens (including phenoxy) is 1. The van der Waals surface area contributed by atoms with Crippen LogP contribution in [0.25, 0.3) is 0 Å². The summed E-state index contributed by atoms with van der Waals surface area (Å²) in [5.41, 5.74) is 0. The van der Waals surface area contributed by atoms with Crippen LogP contribution in [-0.2, 0) is 9.53 Å². The molecule has 0 aromatic heterocycles. The first kappa shape index (κ1) is 15.7. The molecule has 0 aliphatic heterocycles. The summed E-state index contributed by atoms with van der Waals surface area (Å²) in [6.07, 6.45) is 0.137. The maximum atomic E-state index is 11.5. The van der Waals surface area contributed by atoms with Crippen LogP contribution < -0.4 is 5.32 Å². The molecule has 0 heterocycles. The number of hydrogen-bond acceptors (Lipinski definition) is 3. The molecule has 0 saturated heterocycles. The van der Waals surface area contributed by atoms with Gasteiger partial charge in [0.2, 0.25) is 0 Å². The summed E-state index contributed by atoms with van der Waals surface area (Å²) in [7, 11) is 1.64. The Morgan fingerprint density at radius 3 is 2.41 bits per heavy atom. The molecule has 0 spiro atoms. The SMILES string of the molecule is CC(C)OCCN(C)C(=O)NCC(C)C(=O)O. The van der Waals surface area contributed by atoms with Crippen LogP contribution in [0.2, 0.25) is 0 Å². The maximum Gasteiger partial charge on any atom is 0.317 e. The molecule has 6 nitrogen and oxygen atoms in total. The molecular formula is C11H22N2O4. The van der Waals surface area contributed by atoms with Gasteiger partial charge in [-0.1, -0.05) is 6.92 Å². The zero-order valence-corrected chi connectivity index (χ0v) is 10.9. The van der Waals surface area contributed by atoms with Gasteiger partial charge in [0, 0.05) is 20.1 Å².